The number of ether oxygens (including phenoxy) is 1. The number of rotatable bonds is 5. The third-order valence-corrected chi connectivity index (χ3v) is 4.08. The maximum absolute atomic E-state index is 12.3. The number of hydrogen-bond donors (Lipinski definition) is 2. The van der Waals surface area contributed by atoms with Crippen LogP contribution in [0.3, 0.4) is 0 Å². The maximum atomic E-state index is 12.3. The van der Waals surface area contributed by atoms with Crippen LogP contribution in [0.1, 0.15) is 13.3 Å². The Labute approximate surface area is 132 Å². The molecule has 110 valence electrons. The lowest BCUT2D eigenvalue weighted by Crippen LogP contribution is -2.41. The highest BCUT2D eigenvalue weighted by Gasteiger charge is 2.33. The molecule has 2 atom stereocenters. The molecule has 0 aliphatic carbocycles. The molecule has 2 N–H and O–H groups in total. The fourth-order valence-corrected chi connectivity index (χ4v) is 2.69. The Balaban J connectivity index is 2.01. The van der Waals surface area contributed by atoms with Crippen molar-refractivity contribution in [2.45, 2.75) is 19.4 Å². The first kappa shape index (κ1) is 15.8. The first-order valence-corrected chi connectivity index (χ1v) is 7.86. The van der Waals surface area contributed by atoms with Crippen molar-refractivity contribution in [1.29, 1.82) is 0 Å². The molecule has 1 aliphatic heterocycles. The molecule has 1 aliphatic rings. The van der Waals surface area contributed by atoms with Crippen LogP contribution in [0.5, 0.6) is 0 Å². The van der Waals surface area contributed by atoms with E-state index in [1.54, 1.807) is 12.1 Å². The summed E-state index contributed by atoms with van der Waals surface area (Å²) in [6, 6.07) is 5.45. The van der Waals surface area contributed by atoms with E-state index in [1.165, 1.54) is 0 Å². The van der Waals surface area contributed by atoms with Gasteiger partial charge in [0.15, 0.2) is 0 Å². The second-order valence-corrected chi connectivity index (χ2v) is 6.14. The van der Waals surface area contributed by atoms with Crippen molar-refractivity contribution in [1.82, 2.24) is 5.32 Å². The van der Waals surface area contributed by atoms with Gasteiger partial charge < -0.3 is 15.4 Å². The standard InChI is InChI=1S/C14H18BrClN2O2/c1-2-5-17-13-8-20-7-10(13)14(19)18-12-6-9(15)3-4-11(12)16/h3-4,6,10,13,17H,2,5,7-8H2,1H3,(H,18,19). The summed E-state index contributed by atoms with van der Waals surface area (Å²) in [7, 11) is 0. The Morgan fingerprint density at radius 3 is 3.05 bits per heavy atom. The zero-order chi connectivity index (χ0) is 14.5. The lowest BCUT2D eigenvalue weighted by atomic mass is 10.0. The minimum absolute atomic E-state index is 0.0592. The van der Waals surface area contributed by atoms with Crippen LogP contribution < -0.4 is 10.6 Å². The van der Waals surface area contributed by atoms with Crippen molar-refractivity contribution in [2.24, 2.45) is 5.92 Å². The topological polar surface area (TPSA) is 50.4 Å². The molecule has 0 saturated carbocycles. The van der Waals surface area contributed by atoms with Gasteiger partial charge in [-0.3, -0.25) is 4.79 Å². The molecule has 2 unspecified atom stereocenters. The molecular weight excluding hydrogens is 344 g/mol. The monoisotopic (exact) mass is 360 g/mol. The van der Waals surface area contributed by atoms with Crippen LogP contribution in [0, 0.1) is 5.92 Å². The van der Waals surface area contributed by atoms with Crippen molar-refractivity contribution in [3.63, 3.8) is 0 Å². The molecule has 0 radical (unpaired) electrons. The highest BCUT2D eigenvalue weighted by atomic mass is 79.9. The molecule has 1 amide bonds. The molecule has 6 heteroatoms. The number of halogens is 2. The summed E-state index contributed by atoms with van der Waals surface area (Å²) < 4.78 is 6.29. The number of benzene rings is 1. The van der Waals surface area contributed by atoms with Crippen LogP contribution in [-0.4, -0.2) is 31.7 Å². The van der Waals surface area contributed by atoms with Crippen LogP contribution in [0.2, 0.25) is 5.02 Å². The smallest absolute Gasteiger partial charge is 0.231 e. The second kappa shape index (κ2) is 7.41. The van der Waals surface area contributed by atoms with E-state index < -0.39 is 0 Å². The summed E-state index contributed by atoms with van der Waals surface area (Å²) in [5.41, 5.74) is 0.618. The van der Waals surface area contributed by atoms with Gasteiger partial charge >= 0.3 is 0 Å². The first-order valence-electron chi connectivity index (χ1n) is 6.69. The van der Waals surface area contributed by atoms with Crippen molar-refractivity contribution in [3.05, 3.63) is 27.7 Å². The predicted octanol–water partition coefficient (Wildman–Crippen LogP) is 3.06. The Bertz CT molecular complexity index is 484. The summed E-state index contributed by atoms with van der Waals surface area (Å²) in [5, 5.41) is 6.75. The average molecular weight is 362 g/mol. The van der Waals surface area contributed by atoms with Gasteiger partial charge in [0, 0.05) is 10.5 Å². The molecule has 0 aromatic heterocycles. The predicted molar refractivity (Wildman–Crippen MR) is 84.2 cm³/mol. The number of carbonyl (C=O) groups is 1. The van der Waals surface area contributed by atoms with Gasteiger partial charge in [-0.1, -0.05) is 34.5 Å². The lowest BCUT2D eigenvalue weighted by Gasteiger charge is -2.18. The number of anilines is 1. The Morgan fingerprint density at radius 1 is 1.50 bits per heavy atom. The van der Waals surface area contributed by atoms with E-state index in [0.29, 0.717) is 23.9 Å². The third kappa shape index (κ3) is 3.95. The highest BCUT2D eigenvalue weighted by Crippen LogP contribution is 2.27. The Hall–Kier alpha value is -0.620. The second-order valence-electron chi connectivity index (χ2n) is 4.82. The van der Waals surface area contributed by atoms with Crippen LogP contribution in [-0.2, 0) is 9.53 Å². The van der Waals surface area contributed by atoms with Gasteiger partial charge in [-0.15, -0.1) is 0 Å². The normalized spacial score (nSPS) is 21.9. The zero-order valence-corrected chi connectivity index (χ0v) is 13.6. The Morgan fingerprint density at radius 2 is 2.30 bits per heavy atom. The maximum Gasteiger partial charge on any atom is 0.231 e. The van der Waals surface area contributed by atoms with Crippen molar-refractivity contribution >= 4 is 39.1 Å². The molecule has 0 bridgehead atoms. The van der Waals surface area contributed by atoms with Crippen molar-refractivity contribution in [3.8, 4) is 0 Å². The molecule has 1 heterocycles. The number of amides is 1. The molecule has 0 spiro atoms. The molecule has 1 aromatic rings. The fourth-order valence-electron chi connectivity index (χ4n) is 2.16. The number of carbonyl (C=O) groups excluding carboxylic acids is 1. The SMILES string of the molecule is CCCNC1COCC1C(=O)Nc1cc(Br)ccc1Cl. The van der Waals surface area contributed by atoms with Gasteiger partial charge in [-0.2, -0.15) is 0 Å². The van der Waals surface area contributed by atoms with E-state index in [-0.39, 0.29) is 17.9 Å². The summed E-state index contributed by atoms with van der Waals surface area (Å²) in [4.78, 5) is 12.3. The van der Waals surface area contributed by atoms with E-state index in [2.05, 4.69) is 33.5 Å². The van der Waals surface area contributed by atoms with Gasteiger partial charge in [-0.05, 0) is 31.2 Å². The molecule has 4 nitrogen and oxygen atoms in total. The molecule has 1 aromatic carbocycles. The van der Waals surface area contributed by atoms with Crippen LogP contribution in [0.4, 0.5) is 5.69 Å². The Kier molecular flexibility index (Phi) is 5.84. The van der Waals surface area contributed by atoms with E-state index in [0.717, 1.165) is 17.4 Å². The quantitative estimate of drug-likeness (QED) is 0.847. The third-order valence-electron chi connectivity index (χ3n) is 3.26. The lowest BCUT2D eigenvalue weighted by molar-refractivity contribution is -0.120. The zero-order valence-electron chi connectivity index (χ0n) is 11.3. The largest absolute Gasteiger partial charge is 0.379 e. The van der Waals surface area contributed by atoms with Crippen LogP contribution >= 0.6 is 27.5 Å². The molecular formula is C14H18BrClN2O2. The minimum atomic E-state index is -0.184. The number of hydrogen-bond acceptors (Lipinski definition) is 3. The van der Waals surface area contributed by atoms with Gasteiger partial charge in [0.05, 0.1) is 29.8 Å². The molecule has 1 saturated heterocycles. The summed E-state index contributed by atoms with van der Waals surface area (Å²) in [6.07, 6.45) is 1.03. The number of nitrogens with one attached hydrogen (secondary N) is 2. The van der Waals surface area contributed by atoms with Gasteiger partial charge in [-0.25, -0.2) is 0 Å². The van der Waals surface area contributed by atoms with Crippen LogP contribution in [0.25, 0.3) is 0 Å². The minimum Gasteiger partial charge on any atom is -0.379 e. The average Bonchev–Trinajstić information content (AvgIpc) is 2.89. The van der Waals surface area contributed by atoms with E-state index >= 15 is 0 Å². The van der Waals surface area contributed by atoms with E-state index in [9.17, 15) is 4.79 Å². The van der Waals surface area contributed by atoms with Gasteiger partial charge in [0.2, 0.25) is 5.91 Å². The summed E-state index contributed by atoms with van der Waals surface area (Å²) >= 11 is 9.45. The van der Waals surface area contributed by atoms with E-state index in [1.807, 2.05) is 6.07 Å². The first-order chi connectivity index (χ1) is 9.61. The van der Waals surface area contributed by atoms with Gasteiger partial charge in [0.1, 0.15) is 0 Å². The molecule has 20 heavy (non-hydrogen) atoms. The van der Waals surface area contributed by atoms with E-state index in [4.69, 9.17) is 16.3 Å². The van der Waals surface area contributed by atoms with Gasteiger partial charge in [0.25, 0.3) is 0 Å². The van der Waals surface area contributed by atoms with Crippen molar-refractivity contribution in [2.75, 3.05) is 25.1 Å². The summed E-state index contributed by atoms with van der Waals surface area (Å²) in [6.45, 7) is 4.00. The summed E-state index contributed by atoms with van der Waals surface area (Å²) in [5.74, 6) is -0.243. The molecule has 2 rings (SSSR count). The highest BCUT2D eigenvalue weighted by molar-refractivity contribution is 9.10. The fraction of sp³-hybridized carbons (Fsp3) is 0.500. The van der Waals surface area contributed by atoms with Crippen LogP contribution in [0.15, 0.2) is 22.7 Å². The molecule has 1 fully saturated rings. The van der Waals surface area contributed by atoms with Crippen molar-refractivity contribution < 1.29 is 9.53 Å².